The van der Waals surface area contributed by atoms with Gasteiger partial charge in [-0.25, -0.2) is 4.98 Å². The molecule has 3 aromatic rings. The van der Waals surface area contributed by atoms with Crippen LogP contribution in [0.3, 0.4) is 0 Å². The number of aryl methyl sites for hydroxylation is 3. The second-order valence-electron chi connectivity index (χ2n) is 6.49. The second-order valence-corrected chi connectivity index (χ2v) is 6.85. The standard InChI is InChI=1S/C19H19ClN4O3/c1-9-5-10(2)16-13(6-9)8-14(17(20)23-16)19(26)21-12(4)18(25)22-15-7-11(3)27-24-15/h5-8,12H,1-4H3,(H,21,26)(H,22,24,25)/t12-/m0/s1. The molecule has 0 spiro atoms. The molecular weight excluding hydrogens is 368 g/mol. The molecule has 2 N–H and O–H groups in total. The van der Waals surface area contributed by atoms with Crippen LogP contribution in [0.4, 0.5) is 5.82 Å². The average molecular weight is 387 g/mol. The summed E-state index contributed by atoms with van der Waals surface area (Å²) in [7, 11) is 0. The summed E-state index contributed by atoms with van der Waals surface area (Å²) in [4.78, 5) is 29.2. The van der Waals surface area contributed by atoms with E-state index in [1.54, 1.807) is 26.0 Å². The highest BCUT2D eigenvalue weighted by Gasteiger charge is 2.20. The Morgan fingerprint density at radius 3 is 2.56 bits per heavy atom. The number of amides is 2. The van der Waals surface area contributed by atoms with Gasteiger partial charge in [-0.2, -0.15) is 0 Å². The minimum atomic E-state index is -0.805. The number of anilines is 1. The van der Waals surface area contributed by atoms with Crippen LogP contribution in [-0.4, -0.2) is 28.0 Å². The fourth-order valence-corrected chi connectivity index (χ4v) is 3.01. The number of nitrogens with zero attached hydrogens (tertiary/aromatic N) is 2. The van der Waals surface area contributed by atoms with Crippen LogP contribution in [0.1, 0.15) is 34.2 Å². The van der Waals surface area contributed by atoms with Gasteiger partial charge in [-0.1, -0.05) is 28.4 Å². The number of benzene rings is 1. The number of fused-ring (bicyclic) bond motifs is 1. The van der Waals surface area contributed by atoms with Gasteiger partial charge in [0.25, 0.3) is 5.91 Å². The Bertz CT molecular complexity index is 1040. The number of carbonyl (C=O) groups is 2. The minimum Gasteiger partial charge on any atom is -0.360 e. The van der Waals surface area contributed by atoms with E-state index in [-0.39, 0.29) is 16.5 Å². The molecule has 3 rings (SSSR count). The highest BCUT2D eigenvalue weighted by Crippen LogP contribution is 2.24. The smallest absolute Gasteiger partial charge is 0.255 e. The third-order valence-electron chi connectivity index (χ3n) is 4.07. The number of carbonyl (C=O) groups excluding carboxylic acids is 2. The molecule has 0 saturated carbocycles. The predicted molar refractivity (Wildman–Crippen MR) is 103 cm³/mol. The summed E-state index contributed by atoms with van der Waals surface area (Å²) < 4.78 is 4.89. The monoisotopic (exact) mass is 386 g/mol. The summed E-state index contributed by atoms with van der Waals surface area (Å²) >= 11 is 6.21. The second kappa shape index (κ2) is 7.36. The van der Waals surface area contributed by atoms with Gasteiger partial charge in [0.15, 0.2) is 5.82 Å². The zero-order chi connectivity index (χ0) is 19.7. The van der Waals surface area contributed by atoms with Gasteiger partial charge >= 0.3 is 0 Å². The highest BCUT2D eigenvalue weighted by molar-refractivity contribution is 6.33. The first-order chi connectivity index (χ1) is 12.7. The lowest BCUT2D eigenvalue weighted by molar-refractivity contribution is -0.117. The lowest BCUT2D eigenvalue weighted by atomic mass is 10.1. The molecule has 0 fully saturated rings. The minimum absolute atomic E-state index is 0.0895. The average Bonchev–Trinajstić information content (AvgIpc) is 2.99. The summed E-state index contributed by atoms with van der Waals surface area (Å²) in [6, 6.07) is 6.41. The molecule has 140 valence electrons. The zero-order valence-corrected chi connectivity index (χ0v) is 16.1. The zero-order valence-electron chi connectivity index (χ0n) is 15.4. The molecule has 0 saturated heterocycles. The number of hydrogen-bond acceptors (Lipinski definition) is 5. The number of nitrogens with one attached hydrogen (secondary N) is 2. The number of halogens is 1. The van der Waals surface area contributed by atoms with Crippen molar-refractivity contribution in [1.29, 1.82) is 0 Å². The van der Waals surface area contributed by atoms with Crippen LogP contribution in [0.15, 0.2) is 28.8 Å². The molecule has 2 amide bonds. The molecule has 27 heavy (non-hydrogen) atoms. The van der Waals surface area contributed by atoms with E-state index in [2.05, 4.69) is 20.8 Å². The van der Waals surface area contributed by atoms with E-state index in [0.717, 1.165) is 22.0 Å². The lowest BCUT2D eigenvalue weighted by Crippen LogP contribution is -2.41. The summed E-state index contributed by atoms with van der Waals surface area (Å²) in [5, 5.41) is 9.79. The van der Waals surface area contributed by atoms with Gasteiger partial charge in [-0.15, -0.1) is 0 Å². The first-order valence-electron chi connectivity index (χ1n) is 8.37. The van der Waals surface area contributed by atoms with Crippen molar-refractivity contribution in [1.82, 2.24) is 15.5 Å². The van der Waals surface area contributed by atoms with Crippen molar-refractivity contribution in [2.45, 2.75) is 33.7 Å². The van der Waals surface area contributed by atoms with E-state index in [9.17, 15) is 9.59 Å². The Morgan fingerprint density at radius 1 is 1.15 bits per heavy atom. The fraction of sp³-hybridized carbons (Fsp3) is 0.263. The molecule has 2 heterocycles. The molecule has 0 aliphatic rings. The number of pyridine rings is 1. The first-order valence-corrected chi connectivity index (χ1v) is 8.75. The molecule has 0 aliphatic carbocycles. The van der Waals surface area contributed by atoms with Gasteiger partial charge in [-0.05, 0) is 45.4 Å². The lowest BCUT2D eigenvalue weighted by Gasteiger charge is -2.14. The SMILES string of the molecule is Cc1cc(C)c2nc(Cl)c(C(=O)N[C@@H](C)C(=O)Nc3cc(C)on3)cc2c1. The van der Waals surface area contributed by atoms with Gasteiger partial charge in [0, 0.05) is 11.5 Å². The van der Waals surface area contributed by atoms with Crippen LogP contribution in [-0.2, 0) is 4.79 Å². The normalized spacial score (nSPS) is 12.0. The van der Waals surface area contributed by atoms with Crippen LogP contribution in [0, 0.1) is 20.8 Å². The van der Waals surface area contributed by atoms with Crippen molar-refractivity contribution >= 4 is 40.1 Å². The number of aromatic nitrogens is 2. The van der Waals surface area contributed by atoms with Crippen LogP contribution in [0.5, 0.6) is 0 Å². The number of hydrogen-bond donors (Lipinski definition) is 2. The molecule has 0 aliphatic heterocycles. The molecule has 8 heteroatoms. The Morgan fingerprint density at radius 2 is 1.89 bits per heavy atom. The fourth-order valence-electron chi connectivity index (χ4n) is 2.79. The molecule has 1 atom stereocenters. The van der Waals surface area contributed by atoms with Crippen molar-refractivity contribution in [3.8, 4) is 0 Å². The van der Waals surface area contributed by atoms with Gasteiger partial charge in [0.05, 0.1) is 11.1 Å². The predicted octanol–water partition coefficient (Wildman–Crippen LogP) is 3.56. The highest BCUT2D eigenvalue weighted by atomic mass is 35.5. The van der Waals surface area contributed by atoms with E-state index >= 15 is 0 Å². The van der Waals surface area contributed by atoms with Crippen molar-refractivity contribution in [3.05, 3.63) is 51.9 Å². The molecule has 0 radical (unpaired) electrons. The maximum atomic E-state index is 12.6. The van der Waals surface area contributed by atoms with Gasteiger partial charge in [-0.3, -0.25) is 9.59 Å². The van der Waals surface area contributed by atoms with Crippen LogP contribution in [0.2, 0.25) is 5.15 Å². The van der Waals surface area contributed by atoms with E-state index in [4.69, 9.17) is 16.1 Å². The van der Waals surface area contributed by atoms with E-state index in [1.807, 2.05) is 26.0 Å². The van der Waals surface area contributed by atoms with Crippen molar-refractivity contribution in [2.24, 2.45) is 0 Å². The van der Waals surface area contributed by atoms with Gasteiger partial charge < -0.3 is 15.2 Å². The van der Waals surface area contributed by atoms with E-state index in [1.165, 1.54) is 0 Å². The first kappa shape index (κ1) is 18.8. The summed E-state index contributed by atoms with van der Waals surface area (Å²) in [6.45, 7) is 7.19. The van der Waals surface area contributed by atoms with Crippen LogP contribution >= 0.6 is 11.6 Å². The van der Waals surface area contributed by atoms with Crippen molar-refractivity contribution in [3.63, 3.8) is 0 Å². The third-order valence-corrected chi connectivity index (χ3v) is 4.36. The third kappa shape index (κ3) is 4.09. The van der Waals surface area contributed by atoms with Gasteiger partial charge in [0.1, 0.15) is 17.0 Å². The number of rotatable bonds is 4. The Kier molecular flexibility index (Phi) is 5.14. The van der Waals surface area contributed by atoms with Crippen LogP contribution < -0.4 is 10.6 Å². The quantitative estimate of drug-likeness (QED) is 0.668. The largest absolute Gasteiger partial charge is 0.360 e. The topological polar surface area (TPSA) is 97.1 Å². The van der Waals surface area contributed by atoms with Crippen LogP contribution in [0.25, 0.3) is 10.9 Å². The summed E-state index contributed by atoms with van der Waals surface area (Å²) in [6.07, 6.45) is 0. The maximum Gasteiger partial charge on any atom is 0.255 e. The van der Waals surface area contributed by atoms with Crippen molar-refractivity contribution in [2.75, 3.05) is 5.32 Å². The Labute approximate surface area is 161 Å². The van der Waals surface area contributed by atoms with E-state index in [0.29, 0.717) is 5.76 Å². The molecule has 0 bridgehead atoms. The Hall–Kier alpha value is -2.93. The summed E-state index contributed by atoms with van der Waals surface area (Å²) in [5.74, 6) is -0.0442. The molecule has 2 aromatic heterocycles. The summed E-state index contributed by atoms with van der Waals surface area (Å²) in [5.41, 5.74) is 3.00. The molecule has 0 unspecified atom stereocenters. The molecule has 7 nitrogen and oxygen atoms in total. The Balaban J connectivity index is 1.78. The molecular formula is C19H19ClN4O3. The maximum absolute atomic E-state index is 12.6. The van der Waals surface area contributed by atoms with Gasteiger partial charge in [0.2, 0.25) is 5.91 Å². The van der Waals surface area contributed by atoms with E-state index < -0.39 is 17.9 Å². The molecule has 1 aromatic carbocycles. The van der Waals surface area contributed by atoms with Crippen molar-refractivity contribution < 1.29 is 14.1 Å².